The molecule has 0 radical (unpaired) electrons. The largest absolute Gasteiger partial charge is 0.411 e. The number of fused-ring (bicyclic) bond motifs is 5. The van der Waals surface area contributed by atoms with E-state index in [0.29, 0.717) is 29.9 Å². The van der Waals surface area contributed by atoms with Gasteiger partial charge in [0.25, 0.3) is 0 Å². The van der Waals surface area contributed by atoms with Gasteiger partial charge in [-0.1, -0.05) is 25.4 Å². The summed E-state index contributed by atoms with van der Waals surface area (Å²) in [6.07, 6.45) is 10.8. The van der Waals surface area contributed by atoms with Crippen LogP contribution in [0.15, 0.2) is 5.16 Å². The first kappa shape index (κ1) is 14.7. The Morgan fingerprint density at radius 3 is 2.68 bits per heavy atom. The number of hydrogen-bond donors (Lipinski definition) is 1. The van der Waals surface area contributed by atoms with Gasteiger partial charge in [0.15, 0.2) is 5.78 Å². The minimum absolute atomic E-state index is 0.0879. The van der Waals surface area contributed by atoms with Crippen molar-refractivity contribution in [2.24, 2.45) is 39.7 Å². The lowest BCUT2D eigenvalue weighted by molar-refractivity contribution is -0.125. The van der Waals surface area contributed by atoms with Crippen LogP contribution in [0.1, 0.15) is 71.6 Å². The van der Waals surface area contributed by atoms with Crippen LogP contribution in [0.5, 0.6) is 0 Å². The SMILES string of the molecule is CC12CCCC1C1CCC3CC(=O)C(=NO)CC3(C)C1CC2. The van der Waals surface area contributed by atoms with Crippen molar-refractivity contribution in [1.29, 1.82) is 0 Å². The smallest absolute Gasteiger partial charge is 0.180 e. The molecule has 4 saturated carbocycles. The molecule has 0 spiro atoms. The van der Waals surface area contributed by atoms with Crippen LogP contribution in [0.2, 0.25) is 0 Å². The van der Waals surface area contributed by atoms with Crippen LogP contribution in [0.4, 0.5) is 0 Å². The fraction of sp³-hybridized carbons (Fsp3) is 0.895. The molecule has 4 fully saturated rings. The van der Waals surface area contributed by atoms with Crippen molar-refractivity contribution in [3.63, 3.8) is 0 Å². The van der Waals surface area contributed by atoms with Gasteiger partial charge in [-0.3, -0.25) is 4.79 Å². The number of oxime groups is 1. The van der Waals surface area contributed by atoms with Gasteiger partial charge in [-0.2, -0.15) is 0 Å². The molecule has 22 heavy (non-hydrogen) atoms. The van der Waals surface area contributed by atoms with Crippen molar-refractivity contribution in [1.82, 2.24) is 0 Å². The van der Waals surface area contributed by atoms with Crippen LogP contribution in [0.25, 0.3) is 0 Å². The van der Waals surface area contributed by atoms with E-state index in [9.17, 15) is 10.0 Å². The Bertz CT molecular complexity index is 528. The predicted octanol–water partition coefficient (Wildman–Crippen LogP) is 4.43. The van der Waals surface area contributed by atoms with Crippen molar-refractivity contribution in [2.45, 2.75) is 71.6 Å². The molecule has 0 bridgehead atoms. The highest BCUT2D eigenvalue weighted by molar-refractivity contribution is 6.40. The van der Waals surface area contributed by atoms with Gasteiger partial charge >= 0.3 is 0 Å². The second kappa shape index (κ2) is 4.82. The molecule has 0 aliphatic heterocycles. The summed E-state index contributed by atoms with van der Waals surface area (Å²) in [4.78, 5) is 12.1. The highest BCUT2D eigenvalue weighted by Crippen LogP contribution is 2.65. The molecule has 4 aliphatic rings. The van der Waals surface area contributed by atoms with Gasteiger partial charge in [0, 0.05) is 12.8 Å². The van der Waals surface area contributed by atoms with Crippen molar-refractivity contribution < 1.29 is 10.0 Å². The predicted molar refractivity (Wildman–Crippen MR) is 86.0 cm³/mol. The van der Waals surface area contributed by atoms with Crippen molar-refractivity contribution in [3.8, 4) is 0 Å². The second-order valence-corrected chi connectivity index (χ2v) is 9.09. The minimum Gasteiger partial charge on any atom is -0.411 e. The summed E-state index contributed by atoms with van der Waals surface area (Å²) in [5, 5.41) is 12.6. The third-order valence-corrected chi connectivity index (χ3v) is 8.27. The number of rotatable bonds is 0. The lowest BCUT2D eigenvalue weighted by atomic mass is 9.45. The summed E-state index contributed by atoms with van der Waals surface area (Å²) in [6.45, 7) is 4.92. The summed E-state index contributed by atoms with van der Waals surface area (Å²) in [5.41, 5.74) is 1.21. The molecule has 0 aromatic carbocycles. The van der Waals surface area contributed by atoms with E-state index in [1.807, 2.05) is 0 Å². The fourth-order valence-electron chi connectivity index (χ4n) is 7.03. The average Bonchev–Trinajstić information content (AvgIpc) is 2.89. The van der Waals surface area contributed by atoms with Crippen LogP contribution < -0.4 is 0 Å². The Morgan fingerprint density at radius 2 is 1.91 bits per heavy atom. The highest BCUT2D eigenvalue weighted by atomic mass is 16.4. The molecule has 0 amide bonds. The standard InChI is InChI=1S/C19H29NO2/c1-18-8-3-4-14(18)13-6-5-12-10-17(21)16(20-22)11-19(12,2)15(13)7-9-18/h12-15,22H,3-11H2,1-2H3. The Morgan fingerprint density at radius 1 is 1.09 bits per heavy atom. The normalized spacial score (nSPS) is 53.0. The van der Waals surface area contributed by atoms with E-state index in [-0.39, 0.29) is 11.2 Å². The summed E-state index contributed by atoms with van der Waals surface area (Å²) < 4.78 is 0. The molecule has 3 nitrogen and oxygen atoms in total. The summed E-state index contributed by atoms with van der Waals surface area (Å²) >= 11 is 0. The van der Waals surface area contributed by atoms with Crippen LogP contribution in [-0.2, 0) is 4.79 Å². The van der Waals surface area contributed by atoms with E-state index in [0.717, 1.165) is 17.8 Å². The molecule has 4 rings (SSSR count). The topological polar surface area (TPSA) is 49.7 Å². The molecule has 0 saturated heterocycles. The number of Topliss-reactive ketones (excluding diaryl/α,β-unsaturated/α-hetero) is 1. The lowest BCUT2D eigenvalue weighted by Crippen LogP contribution is -2.54. The summed E-state index contributed by atoms with van der Waals surface area (Å²) in [6, 6.07) is 0. The molecule has 3 heteroatoms. The maximum atomic E-state index is 12.1. The van der Waals surface area contributed by atoms with Gasteiger partial charge in [0.1, 0.15) is 5.71 Å². The average molecular weight is 303 g/mol. The van der Waals surface area contributed by atoms with Crippen LogP contribution in [-0.4, -0.2) is 16.7 Å². The van der Waals surface area contributed by atoms with E-state index in [1.54, 1.807) is 0 Å². The van der Waals surface area contributed by atoms with Crippen LogP contribution in [0, 0.1) is 34.5 Å². The molecule has 4 aliphatic carbocycles. The maximum Gasteiger partial charge on any atom is 0.180 e. The zero-order chi connectivity index (χ0) is 15.5. The second-order valence-electron chi connectivity index (χ2n) is 9.09. The zero-order valence-electron chi connectivity index (χ0n) is 14.0. The number of ketones is 1. The first-order valence-corrected chi connectivity index (χ1v) is 9.22. The lowest BCUT2D eigenvalue weighted by Gasteiger charge is -2.59. The van der Waals surface area contributed by atoms with Crippen LogP contribution >= 0.6 is 0 Å². The first-order chi connectivity index (χ1) is 10.5. The molecular weight excluding hydrogens is 274 g/mol. The molecule has 0 aromatic heterocycles. The van der Waals surface area contributed by atoms with Gasteiger partial charge in [-0.15, -0.1) is 0 Å². The fourth-order valence-corrected chi connectivity index (χ4v) is 7.03. The maximum absolute atomic E-state index is 12.1. The first-order valence-electron chi connectivity index (χ1n) is 9.22. The Hall–Kier alpha value is -0.860. The number of carbonyl (C=O) groups is 1. The van der Waals surface area contributed by atoms with Crippen molar-refractivity contribution in [2.75, 3.05) is 0 Å². The van der Waals surface area contributed by atoms with Crippen molar-refractivity contribution in [3.05, 3.63) is 0 Å². The van der Waals surface area contributed by atoms with Gasteiger partial charge in [-0.05, 0) is 73.0 Å². The zero-order valence-corrected chi connectivity index (χ0v) is 14.0. The monoisotopic (exact) mass is 303 g/mol. The molecule has 6 atom stereocenters. The molecule has 6 unspecified atom stereocenters. The van der Waals surface area contributed by atoms with E-state index in [1.165, 1.54) is 44.9 Å². The molecular formula is C19H29NO2. The third-order valence-electron chi connectivity index (χ3n) is 8.27. The van der Waals surface area contributed by atoms with E-state index < -0.39 is 0 Å². The molecule has 122 valence electrons. The quantitative estimate of drug-likeness (QED) is 0.531. The highest BCUT2D eigenvalue weighted by Gasteiger charge is 2.58. The van der Waals surface area contributed by atoms with Crippen LogP contribution in [0.3, 0.4) is 0 Å². The van der Waals surface area contributed by atoms with Gasteiger partial charge < -0.3 is 5.21 Å². The van der Waals surface area contributed by atoms with Gasteiger partial charge in [0.05, 0.1) is 0 Å². The Labute approximate surface area is 133 Å². The summed E-state index contributed by atoms with van der Waals surface area (Å²) in [5.74, 6) is 3.07. The van der Waals surface area contributed by atoms with E-state index >= 15 is 0 Å². The third kappa shape index (κ3) is 1.86. The van der Waals surface area contributed by atoms with Gasteiger partial charge in [-0.25, -0.2) is 0 Å². The number of nitrogens with zero attached hydrogens (tertiary/aromatic N) is 1. The summed E-state index contributed by atoms with van der Waals surface area (Å²) in [7, 11) is 0. The number of hydrogen-bond acceptors (Lipinski definition) is 3. The Kier molecular flexibility index (Phi) is 3.22. The van der Waals surface area contributed by atoms with E-state index in [2.05, 4.69) is 19.0 Å². The molecule has 1 N–H and O–H groups in total. The Balaban J connectivity index is 1.66. The molecule has 0 heterocycles. The minimum atomic E-state index is 0.0879. The number of carbonyl (C=O) groups excluding carboxylic acids is 1. The van der Waals surface area contributed by atoms with Crippen molar-refractivity contribution >= 4 is 11.5 Å². The van der Waals surface area contributed by atoms with E-state index in [4.69, 9.17) is 0 Å². The molecule has 0 aromatic rings. The van der Waals surface area contributed by atoms with Gasteiger partial charge in [0.2, 0.25) is 0 Å².